The number of aromatic nitrogens is 6. The summed E-state index contributed by atoms with van der Waals surface area (Å²) >= 11 is 0. The zero-order valence-corrected chi connectivity index (χ0v) is 22.7. The summed E-state index contributed by atoms with van der Waals surface area (Å²) in [6.45, 7) is 3.85. The van der Waals surface area contributed by atoms with E-state index in [0.717, 1.165) is 27.5 Å². The van der Waals surface area contributed by atoms with Crippen LogP contribution in [0.4, 0.5) is 10.2 Å². The van der Waals surface area contributed by atoms with Gasteiger partial charge in [-0.05, 0) is 66.1 Å². The molecular weight excluding hydrogens is 533 g/mol. The third-order valence-corrected chi connectivity index (χ3v) is 7.53. The van der Waals surface area contributed by atoms with Crippen LogP contribution in [0.1, 0.15) is 17.0 Å². The van der Waals surface area contributed by atoms with Crippen LogP contribution in [-0.2, 0) is 6.54 Å². The maximum absolute atomic E-state index is 15.0. The van der Waals surface area contributed by atoms with Crippen LogP contribution in [0.3, 0.4) is 0 Å². The fourth-order valence-corrected chi connectivity index (χ4v) is 5.59. The van der Waals surface area contributed by atoms with Gasteiger partial charge in [0.15, 0.2) is 5.65 Å². The lowest BCUT2D eigenvalue weighted by Crippen LogP contribution is -2.27. The Morgan fingerprint density at radius 2 is 1.64 bits per heavy atom. The highest BCUT2D eigenvalue weighted by molar-refractivity contribution is 6.00. The molecule has 0 unspecified atom stereocenters. The Labute approximate surface area is 238 Å². The van der Waals surface area contributed by atoms with Crippen LogP contribution in [-0.4, -0.2) is 34.4 Å². The van der Waals surface area contributed by atoms with Gasteiger partial charge in [0.25, 0.3) is 5.56 Å². The third-order valence-electron chi connectivity index (χ3n) is 7.53. The second kappa shape index (κ2) is 9.48. The molecule has 0 atom stereocenters. The summed E-state index contributed by atoms with van der Waals surface area (Å²) in [6, 6.07) is 21.0. The number of phenols is 1. The second-order valence-corrected chi connectivity index (χ2v) is 10.3. The molecule has 0 saturated carbocycles. The van der Waals surface area contributed by atoms with Crippen molar-refractivity contribution in [2.45, 2.75) is 20.4 Å². The minimum atomic E-state index is -0.631. The van der Waals surface area contributed by atoms with Crippen LogP contribution in [0.5, 0.6) is 5.75 Å². The van der Waals surface area contributed by atoms with Crippen molar-refractivity contribution >= 4 is 38.5 Å². The molecule has 9 nitrogen and oxygen atoms in total. The Morgan fingerprint density at radius 3 is 2.45 bits per heavy atom. The second-order valence-electron chi connectivity index (χ2n) is 10.3. The van der Waals surface area contributed by atoms with Crippen molar-refractivity contribution in [2.75, 3.05) is 5.73 Å². The van der Waals surface area contributed by atoms with Crippen molar-refractivity contribution in [3.05, 3.63) is 112 Å². The van der Waals surface area contributed by atoms with E-state index in [-0.39, 0.29) is 29.0 Å². The first-order chi connectivity index (χ1) is 20.3. The molecule has 0 spiro atoms. The number of nitrogens with zero attached hydrogens (tertiary/aromatic N) is 6. The van der Waals surface area contributed by atoms with Crippen LogP contribution in [0.25, 0.3) is 49.7 Å². The number of nitrogen functional groups attached to an aromatic ring is 1. The highest BCUT2D eigenvalue weighted by Crippen LogP contribution is 2.33. The summed E-state index contributed by atoms with van der Waals surface area (Å²) in [7, 11) is 0. The van der Waals surface area contributed by atoms with Gasteiger partial charge in [0.2, 0.25) is 0 Å². The fourth-order valence-electron chi connectivity index (χ4n) is 5.59. The van der Waals surface area contributed by atoms with E-state index in [9.17, 15) is 14.3 Å². The number of anilines is 1. The molecule has 0 saturated heterocycles. The minimum Gasteiger partial charge on any atom is -0.508 e. The smallest absolute Gasteiger partial charge is 0.269 e. The van der Waals surface area contributed by atoms with Crippen LogP contribution in [0.2, 0.25) is 0 Å². The van der Waals surface area contributed by atoms with Gasteiger partial charge in [0, 0.05) is 5.56 Å². The lowest BCUT2D eigenvalue weighted by molar-refractivity contribution is 0.476. The monoisotopic (exact) mass is 557 g/mol. The van der Waals surface area contributed by atoms with E-state index in [1.54, 1.807) is 22.9 Å². The van der Waals surface area contributed by atoms with Gasteiger partial charge in [-0.1, -0.05) is 42.5 Å². The zero-order valence-electron chi connectivity index (χ0n) is 22.7. The molecule has 206 valence electrons. The molecule has 0 radical (unpaired) electrons. The summed E-state index contributed by atoms with van der Waals surface area (Å²) in [4.78, 5) is 27.4. The average Bonchev–Trinajstić information content (AvgIpc) is 3.33. The molecule has 0 aliphatic rings. The minimum absolute atomic E-state index is 0.0455. The number of fused-ring (bicyclic) bond motifs is 3. The van der Waals surface area contributed by atoms with Gasteiger partial charge in [-0.2, -0.15) is 5.10 Å². The van der Waals surface area contributed by atoms with Crippen molar-refractivity contribution in [1.82, 2.24) is 29.3 Å². The van der Waals surface area contributed by atoms with Crippen LogP contribution < -0.4 is 11.3 Å². The number of aromatic hydroxyl groups is 1. The number of para-hydroxylation sites is 1. The summed E-state index contributed by atoms with van der Waals surface area (Å²) in [6.07, 6.45) is 1.37. The van der Waals surface area contributed by atoms with E-state index in [4.69, 9.17) is 15.8 Å². The molecule has 0 amide bonds. The first-order valence-corrected chi connectivity index (χ1v) is 13.3. The molecule has 3 aromatic heterocycles. The number of hydrogen-bond donors (Lipinski definition) is 2. The third kappa shape index (κ3) is 3.95. The van der Waals surface area contributed by atoms with Gasteiger partial charge in [-0.3, -0.25) is 9.36 Å². The SMILES string of the molecule is Cc1cccc(C)c1-n1c(Cn2nc(-c3ccc4cc(O)ccc4c3)c3c(N)ncnc32)nc2cccc(F)c2c1=O. The maximum Gasteiger partial charge on any atom is 0.269 e. The topological polar surface area (TPSA) is 125 Å². The van der Waals surface area contributed by atoms with Crippen molar-refractivity contribution in [3.63, 3.8) is 0 Å². The van der Waals surface area contributed by atoms with Crippen LogP contribution >= 0.6 is 0 Å². The number of nitrogens with two attached hydrogens (primary N) is 1. The molecule has 0 fully saturated rings. The standard InChI is InChI=1S/C32H24FN7O2/c1-17-5-3-6-18(2)29(17)40-25(37-24-8-4-7-23(33)26(24)32(40)42)15-39-31-27(30(34)35-16-36-31)28(38-39)21-10-9-20-14-22(41)12-11-19(20)13-21/h3-14,16,41H,15H2,1-2H3,(H2,34,35,36). The van der Waals surface area contributed by atoms with Crippen LogP contribution in [0.15, 0.2) is 83.9 Å². The molecule has 0 aliphatic carbocycles. The van der Waals surface area contributed by atoms with Gasteiger partial charge >= 0.3 is 0 Å². The first kappa shape index (κ1) is 25.3. The van der Waals surface area contributed by atoms with E-state index in [1.807, 2.05) is 56.3 Å². The normalized spacial score (nSPS) is 11.6. The van der Waals surface area contributed by atoms with Crippen LogP contribution in [0, 0.1) is 19.7 Å². The Bertz CT molecular complexity index is 2250. The highest BCUT2D eigenvalue weighted by Gasteiger charge is 2.22. The zero-order chi connectivity index (χ0) is 29.1. The number of benzene rings is 4. The largest absolute Gasteiger partial charge is 0.508 e. The molecule has 10 heteroatoms. The Balaban J connectivity index is 1.48. The van der Waals surface area contributed by atoms with Gasteiger partial charge in [-0.15, -0.1) is 0 Å². The average molecular weight is 558 g/mol. The summed E-state index contributed by atoms with van der Waals surface area (Å²) in [5.41, 5.74) is 10.2. The number of hydrogen-bond acceptors (Lipinski definition) is 7. The molecule has 4 aromatic carbocycles. The molecule has 3 heterocycles. The molecule has 0 aliphatic heterocycles. The Hall–Kier alpha value is -5.64. The van der Waals surface area contributed by atoms with Gasteiger partial charge < -0.3 is 10.8 Å². The number of rotatable bonds is 4. The lowest BCUT2D eigenvalue weighted by Gasteiger charge is -2.18. The van der Waals surface area contributed by atoms with E-state index >= 15 is 0 Å². The van der Waals surface area contributed by atoms with Gasteiger partial charge in [-0.25, -0.2) is 24.0 Å². The van der Waals surface area contributed by atoms with Crippen molar-refractivity contribution in [1.29, 1.82) is 0 Å². The van der Waals surface area contributed by atoms with Crippen molar-refractivity contribution < 1.29 is 9.50 Å². The number of halogens is 1. The van der Waals surface area contributed by atoms with E-state index < -0.39 is 11.4 Å². The Morgan fingerprint density at radius 1 is 0.905 bits per heavy atom. The molecule has 7 rings (SSSR count). The molecule has 42 heavy (non-hydrogen) atoms. The number of aryl methyl sites for hydroxylation is 2. The fraction of sp³-hybridized carbons (Fsp3) is 0.0938. The number of phenolic OH excluding ortho intramolecular Hbond substituents is 1. The van der Waals surface area contributed by atoms with E-state index in [1.165, 1.54) is 23.0 Å². The lowest BCUT2D eigenvalue weighted by atomic mass is 10.0. The van der Waals surface area contributed by atoms with Gasteiger partial charge in [0.05, 0.1) is 16.6 Å². The highest BCUT2D eigenvalue weighted by atomic mass is 19.1. The first-order valence-electron chi connectivity index (χ1n) is 13.3. The molecule has 3 N–H and O–H groups in total. The summed E-state index contributed by atoms with van der Waals surface area (Å²) < 4.78 is 18.1. The predicted molar refractivity (Wildman–Crippen MR) is 160 cm³/mol. The summed E-state index contributed by atoms with van der Waals surface area (Å²) in [5.74, 6) is 0.166. The summed E-state index contributed by atoms with van der Waals surface area (Å²) in [5, 5.41) is 17.0. The predicted octanol–water partition coefficient (Wildman–Crippen LogP) is 5.44. The van der Waals surface area contributed by atoms with Crippen molar-refractivity contribution in [3.8, 4) is 22.7 Å². The molecular formula is C32H24FN7O2. The van der Waals surface area contributed by atoms with Crippen molar-refractivity contribution in [2.24, 2.45) is 0 Å². The molecule has 7 aromatic rings. The van der Waals surface area contributed by atoms with Gasteiger partial charge in [0.1, 0.15) is 47.2 Å². The maximum atomic E-state index is 15.0. The quantitative estimate of drug-likeness (QED) is 0.295. The molecule has 0 bridgehead atoms. The Kier molecular flexibility index (Phi) is 5.72. The van der Waals surface area contributed by atoms with E-state index in [0.29, 0.717) is 28.2 Å². The van der Waals surface area contributed by atoms with E-state index in [2.05, 4.69) is 9.97 Å².